The number of benzene rings is 2. The summed E-state index contributed by atoms with van der Waals surface area (Å²) in [5.41, 5.74) is 1.42. The highest BCUT2D eigenvalue weighted by Gasteiger charge is 2.33. The number of hydrogen-bond acceptors (Lipinski definition) is 4. The maximum atomic E-state index is 13.6. The molecule has 8 nitrogen and oxygen atoms in total. The van der Waals surface area contributed by atoms with Crippen LogP contribution in [0.15, 0.2) is 60.7 Å². The van der Waals surface area contributed by atoms with E-state index >= 15 is 0 Å². The summed E-state index contributed by atoms with van der Waals surface area (Å²) >= 11 is 0. The van der Waals surface area contributed by atoms with E-state index in [-0.39, 0.29) is 5.91 Å². The van der Waals surface area contributed by atoms with Crippen LogP contribution in [0, 0.1) is 0 Å². The minimum Gasteiger partial charge on any atom is -0.354 e. The zero-order valence-electron chi connectivity index (χ0n) is 20.5. The molecule has 2 rings (SSSR count). The van der Waals surface area contributed by atoms with Crippen LogP contribution in [0.1, 0.15) is 32.3 Å². The lowest BCUT2D eigenvalue weighted by molar-refractivity contribution is -0.139. The summed E-state index contributed by atoms with van der Waals surface area (Å²) in [6.07, 6.45) is 1.75. The molecule has 0 bridgehead atoms. The van der Waals surface area contributed by atoms with Crippen molar-refractivity contribution in [1.29, 1.82) is 0 Å². The molecule has 9 heteroatoms. The number of nitrogens with one attached hydrogen (secondary N) is 1. The summed E-state index contributed by atoms with van der Waals surface area (Å²) in [6.45, 7) is 4.22. The van der Waals surface area contributed by atoms with Crippen LogP contribution in [-0.2, 0) is 26.2 Å². The molecule has 0 spiro atoms. The predicted octanol–water partition coefficient (Wildman–Crippen LogP) is 2.68. The first-order chi connectivity index (χ1) is 16.2. The lowest BCUT2D eigenvalue weighted by Gasteiger charge is -2.33. The Labute approximate surface area is 203 Å². The fourth-order valence-electron chi connectivity index (χ4n) is 3.57. The summed E-state index contributed by atoms with van der Waals surface area (Å²) < 4.78 is 28.3. The van der Waals surface area contributed by atoms with Crippen LogP contribution in [0.2, 0.25) is 0 Å². The standard InChI is InChI=1S/C25H36N4O4S/c1-5-18-26-25(31)23(6-2)28(19-17-21-13-9-7-10-14-21)24(30)20-29(34(32,33)27(3)4)22-15-11-8-12-16-22/h7-16,23H,5-6,17-20H2,1-4H3,(H,26,31). The van der Waals surface area contributed by atoms with Gasteiger partial charge in [-0.3, -0.25) is 9.59 Å². The zero-order valence-corrected chi connectivity index (χ0v) is 21.3. The Bertz CT molecular complexity index is 1010. The zero-order chi connectivity index (χ0) is 25.1. The van der Waals surface area contributed by atoms with Crippen LogP contribution >= 0.6 is 0 Å². The average Bonchev–Trinajstić information content (AvgIpc) is 2.84. The number of para-hydroxylation sites is 1. The molecule has 0 saturated heterocycles. The lowest BCUT2D eigenvalue weighted by Crippen LogP contribution is -2.54. The van der Waals surface area contributed by atoms with Crippen molar-refractivity contribution in [2.75, 3.05) is 38.0 Å². The maximum Gasteiger partial charge on any atom is 0.304 e. The van der Waals surface area contributed by atoms with Crippen molar-refractivity contribution in [2.24, 2.45) is 0 Å². The van der Waals surface area contributed by atoms with Crippen LogP contribution in [0.5, 0.6) is 0 Å². The van der Waals surface area contributed by atoms with E-state index in [0.717, 1.165) is 20.6 Å². The minimum absolute atomic E-state index is 0.229. The molecule has 2 aromatic rings. The topological polar surface area (TPSA) is 90.0 Å². The second-order valence-electron chi connectivity index (χ2n) is 8.17. The first kappa shape index (κ1) is 27.3. The minimum atomic E-state index is -3.94. The van der Waals surface area contributed by atoms with Gasteiger partial charge in [0, 0.05) is 27.2 Å². The van der Waals surface area contributed by atoms with E-state index in [2.05, 4.69) is 5.32 Å². The highest BCUT2D eigenvalue weighted by Crippen LogP contribution is 2.20. The van der Waals surface area contributed by atoms with Crippen molar-refractivity contribution in [3.63, 3.8) is 0 Å². The fraction of sp³-hybridized carbons (Fsp3) is 0.440. The van der Waals surface area contributed by atoms with Crippen molar-refractivity contribution in [1.82, 2.24) is 14.5 Å². The third-order valence-electron chi connectivity index (χ3n) is 5.48. The number of hydrogen-bond donors (Lipinski definition) is 1. The van der Waals surface area contributed by atoms with Gasteiger partial charge < -0.3 is 10.2 Å². The number of nitrogens with zero attached hydrogens (tertiary/aromatic N) is 3. The van der Waals surface area contributed by atoms with Crippen LogP contribution in [0.3, 0.4) is 0 Å². The molecule has 34 heavy (non-hydrogen) atoms. The molecular weight excluding hydrogens is 452 g/mol. The number of anilines is 1. The molecule has 0 heterocycles. The average molecular weight is 489 g/mol. The Morgan fingerprint density at radius 2 is 1.53 bits per heavy atom. The summed E-state index contributed by atoms with van der Waals surface area (Å²) in [6, 6.07) is 17.5. The Morgan fingerprint density at radius 1 is 0.941 bits per heavy atom. The van der Waals surface area contributed by atoms with Gasteiger partial charge in [-0.25, -0.2) is 4.31 Å². The molecule has 0 aliphatic carbocycles. The molecule has 0 aromatic heterocycles. The molecular formula is C25H36N4O4S. The fourth-order valence-corrected chi connectivity index (χ4v) is 4.63. The van der Waals surface area contributed by atoms with Crippen molar-refractivity contribution in [3.8, 4) is 0 Å². The third-order valence-corrected chi connectivity index (χ3v) is 7.30. The van der Waals surface area contributed by atoms with E-state index in [0.29, 0.717) is 31.6 Å². The Balaban J connectivity index is 2.37. The summed E-state index contributed by atoms with van der Waals surface area (Å²) in [7, 11) is -1.08. The SMILES string of the molecule is CCCNC(=O)C(CC)N(CCc1ccccc1)C(=O)CN(c1ccccc1)S(=O)(=O)N(C)C. The molecule has 186 valence electrons. The van der Waals surface area contributed by atoms with Gasteiger partial charge in [0.2, 0.25) is 11.8 Å². The van der Waals surface area contributed by atoms with E-state index in [9.17, 15) is 18.0 Å². The molecule has 0 saturated carbocycles. The molecule has 1 N–H and O–H groups in total. The third kappa shape index (κ3) is 7.30. The number of carbonyl (C=O) groups excluding carboxylic acids is 2. The largest absolute Gasteiger partial charge is 0.354 e. The van der Waals surface area contributed by atoms with Crippen LogP contribution < -0.4 is 9.62 Å². The van der Waals surface area contributed by atoms with Crippen molar-refractivity contribution < 1.29 is 18.0 Å². The molecule has 1 unspecified atom stereocenters. The number of rotatable bonds is 13. The van der Waals surface area contributed by atoms with Gasteiger partial charge in [0.25, 0.3) is 0 Å². The van der Waals surface area contributed by atoms with Gasteiger partial charge in [-0.15, -0.1) is 0 Å². The molecule has 1 atom stereocenters. The van der Waals surface area contributed by atoms with E-state index < -0.39 is 28.7 Å². The predicted molar refractivity (Wildman–Crippen MR) is 136 cm³/mol. The summed E-state index contributed by atoms with van der Waals surface area (Å²) in [5, 5.41) is 2.88. The Kier molecular flexibility index (Phi) is 10.5. The molecule has 0 aliphatic heterocycles. The Hall–Kier alpha value is -2.91. The summed E-state index contributed by atoms with van der Waals surface area (Å²) in [4.78, 5) is 28.0. The molecule has 0 radical (unpaired) electrons. The number of amides is 2. The first-order valence-corrected chi connectivity index (χ1v) is 13.0. The van der Waals surface area contributed by atoms with Crippen molar-refractivity contribution >= 4 is 27.7 Å². The molecule has 2 amide bonds. The van der Waals surface area contributed by atoms with Gasteiger partial charge in [-0.2, -0.15) is 12.7 Å². The second kappa shape index (κ2) is 13.1. The smallest absolute Gasteiger partial charge is 0.304 e. The van der Waals surface area contributed by atoms with Crippen LogP contribution in [-0.4, -0.2) is 69.2 Å². The van der Waals surface area contributed by atoms with Gasteiger partial charge >= 0.3 is 10.2 Å². The van der Waals surface area contributed by atoms with Gasteiger partial charge in [-0.05, 0) is 37.0 Å². The molecule has 2 aromatic carbocycles. The highest BCUT2D eigenvalue weighted by atomic mass is 32.2. The maximum absolute atomic E-state index is 13.6. The van der Waals surface area contributed by atoms with Crippen LogP contribution in [0.25, 0.3) is 0 Å². The number of carbonyl (C=O) groups is 2. The van der Waals surface area contributed by atoms with Gasteiger partial charge in [0.05, 0.1) is 5.69 Å². The van der Waals surface area contributed by atoms with E-state index in [4.69, 9.17) is 0 Å². The van der Waals surface area contributed by atoms with Crippen molar-refractivity contribution in [3.05, 3.63) is 66.2 Å². The first-order valence-electron chi connectivity index (χ1n) is 11.6. The van der Waals surface area contributed by atoms with Crippen LogP contribution in [0.4, 0.5) is 5.69 Å². The second-order valence-corrected chi connectivity index (χ2v) is 10.2. The highest BCUT2D eigenvalue weighted by molar-refractivity contribution is 7.90. The van der Waals surface area contributed by atoms with E-state index in [1.807, 2.05) is 44.2 Å². The van der Waals surface area contributed by atoms with Gasteiger partial charge in [0.1, 0.15) is 12.6 Å². The Morgan fingerprint density at radius 3 is 2.06 bits per heavy atom. The molecule has 0 fully saturated rings. The van der Waals surface area contributed by atoms with E-state index in [1.165, 1.54) is 19.0 Å². The lowest BCUT2D eigenvalue weighted by atomic mass is 10.1. The normalized spacial score (nSPS) is 12.3. The van der Waals surface area contributed by atoms with E-state index in [1.54, 1.807) is 30.3 Å². The van der Waals surface area contributed by atoms with Gasteiger partial charge in [0.15, 0.2) is 0 Å². The van der Waals surface area contributed by atoms with Crippen molar-refractivity contribution in [2.45, 2.75) is 39.2 Å². The summed E-state index contributed by atoms with van der Waals surface area (Å²) in [5.74, 6) is -0.656. The van der Waals surface area contributed by atoms with Gasteiger partial charge in [-0.1, -0.05) is 62.4 Å². The quantitative estimate of drug-likeness (QED) is 0.469. The molecule has 0 aliphatic rings. The monoisotopic (exact) mass is 488 g/mol.